The molecule has 2 amide bonds. The molecule has 0 aliphatic carbocycles. The predicted octanol–water partition coefficient (Wildman–Crippen LogP) is 4.81. The quantitative estimate of drug-likeness (QED) is 0.363. The number of H-pyrrole nitrogens is 1. The van der Waals surface area contributed by atoms with E-state index < -0.39 is 0 Å². The molecule has 0 bridgehead atoms. The molecule has 180 valence electrons. The van der Waals surface area contributed by atoms with Gasteiger partial charge in [-0.3, -0.25) is 0 Å². The number of likely N-dealkylation sites (tertiary alicyclic amines) is 1. The van der Waals surface area contributed by atoms with Crippen molar-refractivity contribution in [3.8, 4) is 0 Å². The molecular formula is C26H29N7OS. The Balaban J connectivity index is 1.12. The molecule has 6 rings (SSSR count). The van der Waals surface area contributed by atoms with Gasteiger partial charge >= 0.3 is 6.03 Å². The van der Waals surface area contributed by atoms with Crippen LogP contribution in [-0.2, 0) is 0 Å². The highest BCUT2D eigenvalue weighted by Gasteiger charge is 2.20. The highest BCUT2D eigenvalue weighted by atomic mass is 32.1. The van der Waals surface area contributed by atoms with E-state index in [1.54, 1.807) is 11.3 Å². The van der Waals surface area contributed by atoms with Crippen LogP contribution in [0.1, 0.15) is 25.0 Å². The van der Waals surface area contributed by atoms with Gasteiger partial charge in [0.25, 0.3) is 0 Å². The summed E-state index contributed by atoms with van der Waals surface area (Å²) in [4.78, 5) is 29.3. The third-order valence-electron chi connectivity index (χ3n) is 6.89. The number of hydrogen-bond donors (Lipinski definition) is 3. The highest BCUT2D eigenvalue weighted by Crippen LogP contribution is 2.31. The van der Waals surface area contributed by atoms with Crippen LogP contribution in [0.15, 0.2) is 48.1 Å². The van der Waals surface area contributed by atoms with Gasteiger partial charge in [0.05, 0.1) is 21.4 Å². The number of aromatic nitrogens is 3. The number of thiazole rings is 1. The Morgan fingerprint density at radius 2 is 2.03 bits per heavy atom. The molecule has 4 aromatic rings. The Hall–Kier alpha value is -3.43. The molecule has 3 N–H and O–H groups in total. The van der Waals surface area contributed by atoms with Gasteiger partial charge < -0.3 is 25.4 Å². The van der Waals surface area contributed by atoms with E-state index in [4.69, 9.17) is 0 Å². The molecule has 2 aliphatic rings. The van der Waals surface area contributed by atoms with Crippen molar-refractivity contribution in [2.45, 2.75) is 19.3 Å². The monoisotopic (exact) mass is 487 g/mol. The zero-order chi connectivity index (χ0) is 23.6. The van der Waals surface area contributed by atoms with Crippen molar-refractivity contribution in [3.05, 3.63) is 53.8 Å². The minimum atomic E-state index is 0.0298. The summed E-state index contributed by atoms with van der Waals surface area (Å²) in [6.07, 6.45) is 7.34. The van der Waals surface area contributed by atoms with Gasteiger partial charge in [-0.05, 0) is 68.3 Å². The van der Waals surface area contributed by atoms with Crippen molar-refractivity contribution in [1.82, 2.24) is 30.1 Å². The van der Waals surface area contributed by atoms with Crippen LogP contribution in [-0.4, -0.2) is 70.1 Å². The molecular weight excluding hydrogens is 458 g/mol. The summed E-state index contributed by atoms with van der Waals surface area (Å²) in [6.45, 7) is 5.30. The Morgan fingerprint density at radius 3 is 2.89 bits per heavy atom. The number of carbonyl (C=O) groups excluding carboxylic acids is 1. The Morgan fingerprint density at radius 1 is 1.11 bits per heavy atom. The van der Waals surface area contributed by atoms with Gasteiger partial charge in [-0.25, -0.2) is 14.8 Å². The largest absolute Gasteiger partial charge is 0.355 e. The van der Waals surface area contributed by atoms with Gasteiger partial charge in [-0.1, -0.05) is 6.08 Å². The van der Waals surface area contributed by atoms with Gasteiger partial charge in [0.15, 0.2) is 0 Å². The molecule has 0 unspecified atom stereocenters. The van der Waals surface area contributed by atoms with Gasteiger partial charge in [-0.2, -0.15) is 0 Å². The minimum absolute atomic E-state index is 0.0298. The average molecular weight is 488 g/mol. The number of aromatic amines is 1. The summed E-state index contributed by atoms with van der Waals surface area (Å²) in [5.41, 5.74) is 8.07. The molecule has 2 aliphatic heterocycles. The van der Waals surface area contributed by atoms with Crippen molar-refractivity contribution in [3.63, 3.8) is 0 Å². The van der Waals surface area contributed by atoms with Crippen LogP contribution >= 0.6 is 11.3 Å². The van der Waals surface area contributed by atoms with Crippen LogP contribution in [0.5, 0.6) is 0 Å². The number of anilines is 2. The minimum Gasteiger partial charge on any atom is -0.355 e. The number of nitrogens with one attached hydrogen (secondary N) is 3. The fourth-order valence-corrected chi connectivity index (χ4v) is 5.65. The zero-order valence-corrected chi connectivity index (χ0v) is 20.4. The normalized spacial score (nSPS) is 16.7. The van der Waals surface area contributed by atoms with E-state index in [1.807, 2.05) is 28.7 Å². The molecule has 1 fully saturated rings. The maximum absolute atomic E-state index is 12.6. The third kappa shape index (κ3) is 4.74. The van der Waals surface area contributed by atoms with E-state index in [0.717, 1.165) is 64.4 Å². The maximum atomic E-state index is 12.6. The van der Waals surface area contributed by atoms with E-state index in [9.17, 15) is 4.79 Å². The van der Waals surface area contributed by atoms with E-state index in [2.05, 4.69) is 54.8 Å². The summed E-state index contributed by atoms with van der Waals surface area (Å²) in [5.74, 6) is 0. The summed E-state index contributed by atoms with van der Waals surface area (Å²) in [7, 11) is 0. The van der Waals surface area contributed by atoms with Crippen LogP contribution in [0.4, 0.5) is 16.2 Å². The topological polar surface area (TPSA) is 89.2 Å². The van der Waals surface area contributed by atoms with E-state index in [0.29, 0.717) is 19.6 Å². The molecule has 35 heavy (non-hydrogen) atoms. The van der Waals surface area contributed by atoms with Crippen LogP contribution in [0.3, 0.4) is 0 Å². The molecule has 1 aromatic carbocycles. The number of nitrogens with zero attached hydrogens (tertiary/aromatic N) is 4. The predicted molar refractivity (Wildman–Crippen MR) is 142 cm³/mol. The summed E-state index contributed by atoms with van der Waals surface area (Å²) in [6, 6.07) is 10.4. The Labute approximate surface area is 208 Å². The Bertz CT molecular complexity index is 1380. The number of carbonyl (C=O) groups is 1. The molecule has 9 heteroatoms. The Kier molecular flexibility index (Phi) is 6.10. The van der Waals surface area contributed by atoms with Gasteiger partial charge in [-0.15, -0.1) is 11.3 Å². The maximum Gasteiger partial charge on any atom is 0.317 e. The first-order chi connectivity index (χ1) is 17.2. The lowest BCUT2D eigenvalue weighted by Crippen LogP contribution is -2.44. The fourth-order valence-electron chi connectivity index (χ4n) is 4.93. The molecule has 0 saturated carbocycles. The number of urea groups is 1. The van der Waals surface area contributed by atoms with Crippen molar-refractivity contribution in [1.29, 1.82) is 0 Å². The van der Waals surface area contributed by atoms with Gasteiger partial charge in [0, 0.05) is 49.1 Å². The molecule has 1 saturated heterocycles. The first-order valence-electron chi connectivity index (χ1n) is 12.3. The lowest BCUT2D eigenvalue weighted by molar-refractivity contribution is 0.201. The number of benzene rings is 1. The second-order valence-electron chi connectivity index (χ2n) is 9.17. The van der Waals surface area contributed by atoms with E-state index >= 15 is 0 Å². The molecule has 8 nitrogen and oxygen atoms in total. The second-order valence-corrected chi connectivity index (χ2v) is 10.1. The molecule has 0 atom stereocenters. The standard InChI is InChI=1S/C26H29N7OS/c34-26(28-9-14-32-10-1-2-11-32)33-12-6-18(7-13-33)23-16-20-21(5-8-27-25(20)31-23)30-19-3-4-22-24(15-19)35-17-29-22/h3-6,8,15-17H,1-2,7,9-14H2,(H,28,34)(H2,27,30,31). The van der Waals surface area contributed by atoms with Gasteiger partial charge in [0.2, 0.25) is 0 Å². The van der Waals surface area contributed by atoms with Crippen molar-refractivity contribution >= 4 is 55.6 Å². The van der Waals surface area contributed by atoms with Crippen LogP contribution in [0.25, 0.3) is 26.8 Å². The van der Waals surface area contributed by atoms with Crippen molar-refractivity contribution in [2.24, 2.45) is 0 Å². The smallest absolute Gasteiger partial charge is 0.317 e. The number of fused-ring (bicyclic) bond motifs is 2. The first-order valence-corrected chi connectivity index (χ1v) is 13.1. The van der Waals surface area contributed by atoms with Gasteiger partial charge in [0.1, 0.15) is 5.65 Å². The molecule has 0 spiro atoms. The van der Waals surface area contributed by atoms with Crippen LogP contribution in [0.2, 0.25) is 0 Å². The lowest BCUT2D eigenvalue weighted by atomic mass is 10.0. The number of pyridine rings is 1. The zero-order valence-electron chi connectivity index (χ0n) is 19.6. The summed E-state index contributed by atoms with van der Waals surface area (Å²) in [5, 5.41) is 7.67. The van der Waals surface area contributed by atoms with Crippen LogP contribution in [0, 0.1) is 0 Å². The fraction of sp³-hybridized carbons (Fsp3) is 0.346. The van der Waals surface area contributed by atoms with Crippen LogP contribution < -0.4 is 10.6 Å². The summed E-state index contributed by atoms with van der Waals surface area (Å²) >= 11 is 1.64. The SMILES string of the molecule is O=C(NCCN1CCCC1)N1CC=C(c2cc3c(Nc4ccc5ncsc5c4)ccnc3[nH]2)CC1. The number of rotatable bonds is 6. The average Bonchev–Trinajstić information content (AvgIpc) is 3.65. The second kappa shape index (κ2) is 9.67. The van der Waals surface area contributed by atoms with E-state index in [-0.39, 0.29) is 6.03 Å². The first kappa shape index (κ1) is 22.1. The number of amides is 2. The lowest BCUT2D eigenvalue weighted by Gasteiger charge is -2.27. The summed E-state index contributed by atoms with van der Waals surface area (Å²) < 4.78 is 1.16. The molecule has 0 radical (unpaired) electrons. The number of hydrogen-bond acceptors (Lipinski definition) is 6. The third-order valence-corrected chi connectivity index (χ3v) is 7.68. The highest BCUT2D eigenvalue weighted by molar-refractivity contribution is 7.16. The van der Waals surface area contributed by atoms with Crippen molar-refractivity contribution < 1.29 is 4.79 Å². The van der Waals surface area contributed by atoms with E-state index in [1.165, 1.54) is 18.4 Å². The molecule has 5 heterocycles. The van der Waals surface area contributed by atoms with Crippen molar-refractivity contribution in [2.75, 3.05) is 44.6 Å². The molecule has 3 aromatic heterocycles.